The van der Waals surface area contributed by atoms with E-state index < -0.39 is 272 Å². The maximum absolute atomic E-state index is 11.6. The van der Waals surface area contributed by atoms with Crippen LogP contribution in [0.1, 0.15) is 0 Å². The van der Waals surface area contributed by atoms with Crippen molar-refractivity contribution in [2.24, 2.45) is 0 Å². The van der Waals surface area contributed by atoms with Crippen molar-refractivity contribution < 1.29 is 178 Å². The molecule has 0 aromatic rings. The second kappa shape index (κ2) is 28.1. The highest BCUT2D eigenvalue weighted by Crippen LogP contribution is 2.39. The standard InChI is InChI=1S/C44H72O36S/c45-1-9-31-18(54)25(61)39(68-9)76-33-11(3-47)70-41(27(63)20(33)56)78-35-13(5-49)72-43(29(65)22(35)58)80-37-15(7-81-8-16(51)52)73-44(30(66)23(37)59)79-36-14(6-50)71-42(28(64)21(36)57)77-34-12(4-48)69-40(26(62)19(34)55)75-32-10(2-46)67-38(74-31)24(60)17(32)53/h9-15,17-50,53-66H,1-8H2,(H,51,52)/t9-,10-,11-,12-,13-,14-,15-,17-,18-,19-,20-,21-,22-,23-,24-,25-,26-,27-,28-,29-,30-,31-,32-,33-,34-,35-,36-,37-,38-,39-,40-,41-,42-,43-,44-/m1/s1. The number of rotatable bonds is 10. The lowest BCUT2D eigenvalue weighted by Crippen LogP contribution is -2.68. The van der Waals surface area contributed by atoms with Gasteiger partial charge in [0.25, 0.3) is 0 Å². The SMILES string of the molecule is O=C(O)CSC[C@H]1O[C@@H]2O[C@H]3[C@H](O)[C@@H](O)[C@@H](O[C@H]4[C@H](O)[C@@H](O)[C@@H](O[C@H]5[C@H](O)[C@@H](O)[C@@H](O[C@H]6[C@H](O)[C@@H](O)[C@@H](O[C@H]7[C@H](O)[C@@H](O)[C@@H](O[C@H]8[C@H](O)[C@@H](O)[C@@H](O[C@H]1[C@H](O)[C@H]2O)O[C@@H]8CO)O[C@@H]7CO)O[C@@H]6CO)O[C@@H]5CO)O[C@@H]4CO)O[C@@H]3CO. The smallest absolute Gasteiger partial charge is 0.313 e. The molecule has 21 rings (SSSR count). The van der Waals surface area contributed by atoms with Gasteiger partial charge in [-0.1, -0.05) is 0 Å². The summed E-state index contributed by atoms with van der Waals surface area (Å²) in [5.41, 5.74) is 0. The van der Waals surface area contributed by atoms with Crippen LogP contribution in [0.3, 0.4) is 0 Å². The molecule has 21 N–H and O–H groups in total. The fraction of sp³-hybridized carbons (Fsp3) is 0.977. The lowest BCUT2D eigenvalue weighted by Gasteiger charge is -2.50. The summed E-state index contributed by atoms with van der Waals surface area (Å²) in [5.74, 6) is -2.31. The number of aliphatic carboxylic acids is 1. The molecule has 37 heteroatoms. The Bertz CT molecular complexity index is 1960. The van der Waals surface area contributed by atoms with Gasteiger partial charge in [0.2, 0.25) is 0 Å². The predicted molar refractivity (Wildman–Crippen MR) is 246 cm³/mol. The van der Waals surface area contributed by atoms with Gasteiger partial charge in [-0.15, -0.1) is 11.8 Å². The molecule has 21 aliphatic rings. The van der Waals surface area contributed by atoms with Gasteiger partial charge < -0.3 is 174 Å². The van der Waals surface area contributed by atoms with Crippen LogP contribution >= 0.6 is 11.8 Å². The van der Waals surface area contributed by atoms with Crippen LogP contribution in [0.25, 0.3) is 0 Å². The summed E-state index contributed by atoms with van der Waals surface area (Å²) >= 11 is 0.684. The molecule has 21 heterocycles. The summed E-state index contributed by atoms with van der Waals surface area (Å²) < 4.78 is 80.3. The third-order valence-corrected chi connectivity index (χ3v) is 16.1. The molecule has 0 spiro atoms. The molecule has 0 saturated carbocycles. The first kappa shape index (κ1) is 65.4. The van der Waals surface area contributed by atoms with Gasteiger partial charge in [0.15, 0.2) is 44.0 Å². The minimum atomic E-state index is -2.23. The summed E-state index contributed by atoms with van der Waals surface area (Å²) in [5, 5.41) is 231. The van der Waals surface area contributed by atoms with Crippen LogP contribution in [0.5, 0.6) is 0 Å². The zero-order valence-corrected chi connectivity index (χ0v) is 43.1. The Kier molecular flexibility index (Phi) is 22.7. The number of hydrogen-bond acceptors (Lipinski definition) is 36. The molecule has 21 aliphatic heterocycles. The van der Waals surface area contributed by atoms with E-state index in [0.29, 0.717) is 11.8 Å². The van der Waals surface area contributed by atoms with Gasteiger partial charge in [0.05, 0.1) is 51.5 Å². The Hall–Kier alpha value is -1.54. The van der Waals surface area contributed by atoms with E-state index >= 15 is 0 Å². The second-order valence-electron chi connectivity index (χ2n) is 20.4. The fourth-order valence-corrected chi connectivity index (χ4v) is 11.5. The van der Waals surface area contributed by atoms with Crippen LogP contribution < -0.4 is 0 Å². The van der Waals surface area contributed by atoms with E-state index in [4.69, 9.17) is 66.3 Å². The number of ether oxygens (including phenoxy) is 14. The molecular weight excluding hydrogens is 1140 g/mol. The van der Waals surface area contributed by atoms with Crippen molar-refractivity contribution in [1.29, 1.82) is 0 Å². The topological polar surface area (TPSA) is 571 Å². The summed E-state index contributed by atoms with van der Waals surface area (Å²) in [6.07, 6.45) is -70.6. The van der Waals surface area contributed by atoms with Crippen molar-refractivity contribution in [2.45, 2.75) is 215 Å². The van der Waals surface area contributed by atoms with Crippen molar-refractivity contribution in [3.8, 4) is 0 Å². The third kappa shape index (κ3) is 13.5. The maximum atomic E-state index is 11.6. The highest BCUT2D eigenvalue weighted by atomic mass is 32.2. The highest BCUT2D eigenvalue weighted by molar-refractivity contribution is 7.99. The van der Waals surface area contributed by atoms with E-state index in [1.54, 1.807) is 0 Å². The zero-order chi connectivity index (χ0) is 59.0. The normalized spacial score (nSPS) is 53.2. The molecule has 0 aliphatic carbocycles. The molecule has 81 heavy (non-hydrogen) atoms. The van der Waals surface area contributed by atoms with Crippen LogP contribution in [0, 0.1) is 0 Å². The van der Waals surface area contributed by atoms with Gasteiger partial charge in [0, 0.05) is 5.75 Å². The Morgan fingerprint density at radius 2 is 0.420 bits per heavy atom. The first-order valence-corrected chi connectivity index (χ1v) is 26.8. The van der Waals surface area contributed by atoms with E-state index in [9.17, 15) is 112 Å². The number of aliphatic hydroxyl groups excluding tert-OH is 20. The van der Waals surface area contributed by atoms with E-state index in [1.165, 1.54) is 0 Å². The van der Waals surface area contributed by atoms with Gasteiger partial charge in [-0.3, -0.25) is 4.79 Å². The molecule has 0 aromatic heterocycles. The Labute approximate surface area is 461 Å². The van der Waals surface area contributed by atoms with Crippen LogP contribution in [-0.4, -0.2) is 379 Å². The largest absolute Gasteiger partial charge is 0.481 e. The minimum absolute atomic E-state index is 0.416. The summed E-state index contributed by atoms with van der Waals surface area (Å²) in [6, 6.07) is 0. The fourth-order valence-electron chi connectivity index (χ4n) is 10.7. The van der Waals surface area contributed by atoms with Crippen molar-refractivity contribution in [3.63, 3.8) is 0 Å². The Balaban J connectivity index is 1.09. The number of hydrogen-bond donors (Lipinski definition) is 21. The molecule has 470 valence electrons. The van der Waals surface area contributed by atoms with Crippen molar-refractivity contribution in [1.82, 2.24) is 0 Å². The van der Waals surface area contributed by atoms with Crippen molar-refractivity contribution in [3.05, 3.63) is 0 Å². The Morgan fingerprint density at radius 3 is 0.580 bits per heavy atom. The molecule has 0 unspecified atom stereocenters. The maximum Gasteiger partial charge on any atom is 0.313 e. The number of thioether (sulfide) groups is 1. The summed E-state index contributed by atoms with van der Waals surface area (Å²) in [4.78, 5) is 11.5. The van der Waals surface area contributed by atoms with E-state index in [-0.39, 0.29) is 0 Å². The number of aliphatic hydroxyl groups is 20. The molecule has 0 radical (unpaired) electrons. The highest BCUT2D eigenvalue weighted by Gasteiger charge is 2.59. The molecule has 21 saturated heterocycles. The number of carbonyl (C=O) groups is 1. The second-order valence-corrected chi connectivity index (χ2v) is 21.4. The van der Waals surface area contributed by atoms with E-state index in [1.807, 2.05) is 0 Å². The molecular formula is C44H72O36S. The van der Waals surface area contributed by atoms with Gasteiger partial charge in [-0.2, -0.15) is 0 Å². The molecule has 35 atom stereocenters. The average molecular weight is 1210 g/mol. The van der Waals surface area contributed by atoms with Gasteiger partial charge in [-0.25, -0.2) is 0 Å². The number of carboxylic acid groups (broad SMARTS) is 1. The monoisotopic (exact) mass is 1210 g/mol. The first-order chi connectivity index (χ1) is 38.5. The predicted octanol–water partition coefficient (Wildman–Crippen LogP) is -14.4. The van der Waals surface area contributed by atoms with Crippen LogP contribution in [0.15, 0.2) is 0 Å². The molecule has 0 aromatic carbocycles. The van der Waals surface area contributed by atoms with Crippen molar-refractivity contribution >= 4 is 17.7 Å². The quantitative estimate of drug-likeness (QED) is 0.0966. The molecule has 21 fully saturated rings. The molecule has 0 amide bonds. The van der Waals surface area contributed by atoms with Crippen LogP contribution in [0.2, 0.25) is 0 Å². The molecule has 14 bridgehead atoms. The lowest BCUT2D eigenvalue weighted by atomic mass is 9.95. The van der Waals surface area contributed by atoms with Gasteiger partial charge >= 0.3 is 5.97 Å². The summed E-state index contributed by atoms with van der Waals surface area (Å²) in [6.45, 7) is -6.37. The number of carboxylic acids is 1. The zero-order valence-electron chi connectivity index (χ0n) is 42.3. The van der Waals surface area contributed by atoms with Crippen LogP contribution in [0.4, 0.5) is 0 Å². The minimum Gasteiger partial charge on any atom is -0.481 e. The first-order valence-electron chi connectivity index (χ1n) is 25.7. The Morgan fingerprint density at radius 1 is 0.259 bits per heavy atom. The van der Waals surface area contributed by atoms with E-state index in [0.717, 1.165) is 0 Å². The van der Waals surface area contributed by atoms with Gasteiger partial charge in [-0.05, 0) is 0 Å². The summed E-state index contributed by atoms with van der Waals surface area (Å²) in [7, 11) is 0. The van der Waals surface area contributed by atoms with Gasteiger partial charge in [0.1, 0.15) is 165 Å². The van der Waals surface area contributed by atoms with Crippen LogP contribution in [-0.2, 0) is 71.1 Å². The molecule has 36 nitrogen and oxygen atoms in total. The van der Waals surface area contributed by atoms with E-state index in [2.05, 4.69) is 0 Å². The lowest BCUT2D eigenvalue weighted by molar-refractivity contribution is -0.396. The van der Waals surface area contributed by atoms with Crippen molar-refractivity contribution in [2.75, 3.05) is 51.1 Å². The third-order valence-electron chi connectivity index (χ3n) is 15.1. The average Bonchev–Trinajstić information content (AvgIpc) is 3.45.